The normalized spacial score (nSPS) is 52.2. The molecule has 0 saturated heterocycles. The summed E-state index contributed by atoms with van der Waals surface area (Å²) in [6.07, 6.45) is 11.9. The number of ether oxygens (including phenoxy) is 1. The molecule has 5 aliphatic carbocycles. The van der Waals surface area contributed by atoms with Gasteiger partial charge in [-0.15, -0.1) is 0 Å². The summed E-state index contributed by atoms with van der Waals surface area (Å²) in [4.78, 5) is 12.3. The van der Waals surface area contributed by atoms with Crippen molar-refractivity contribution in [1.29, 1.82) is 0 Å². The van der Waals surface area contributed by atoms with Gasteiger partial charge in [-0.05, 0) is 109 Å². The smallest absolute Gasteiger partial charge is 0.338 e. The third-order valence-electron chi connectivity index (χ3n) is 8.85. The number of esters is 1. The van der Waals surface area contributed by atoms with Crippen LogP contribution in [-0.2, 0) is 4.74 Å². The van der Waals surface area contributed by atoms with Crippen molar-refractivity contribution in [2.75, 3.05) is 6.61 Å². The van der Waals surface area contributed by atoms with Gasteiger partial charge in [-0.1, -0.05) is 24.3 Å². The zero-order valence-corrected chi connectivity index (χ0v) is 15.8. The number of carbonyl (C=O) groups excluding carboxylic acids is 1. The van der Waals surface area contributed by atoms with E-state index in [0.29, 0.717) is 18.1 Å². The van der Waals surface area contributed by atoms with Crippen molar-refractivity contribution in [3.63, 3.8) is 0 Å². The highest BCUT2D eigenvalue weighted by Crippen LogP contribution is 2.72. The summed E-state index contributed by atoms with van der Waals surface area (Å²) in [6, 6.07) is 7.96. The number of fused-ring (bicyclic) bond motifs is 4. The van der Waals surface area contributed by atoms with Gasteiger partial charge >= 0.3 is 5.97 Å². The first kappa shape index (κ1) is 15.4. The molecule has 140 valence electrons. The van der Waals surface area contributed by atoms with Crippen molar-refractivity contribution in [2.45, 2.75) is 32.1 Å². The maximum Gasteiger partial charge on any atom is 0.338 e. The summed E-state index contributed by atoms with van der Waals surface area (Å²) < 4.78 is 5.64. The molecule has 10 atom stereocenters. The zero-order chi connectivity index (χ0) is 17.7. The average Bonchev–Trinajstić information content (AvgIpc) is 3.46. The zero-order valence-electron chi connectivity index (χ0n) is 15.8. The lowest BCUT2D eigenvalue weighted by Crippen LogP contribution is -2.08. The molecule has 27 heavy (non-hydrogen) atoms. The molecule has 1 aromatic carbocycles. The van der Waals surface area contributed by atoms with Crippen LogP contribution in [0, 0.1) is 59.2 Å². The Balaban J connectivity index is 1.11. The van der Waals surface area contributed by atoms with Crippen molar-refractivity contribution in [2.24, 2.45) is 59.2 Å². The van der Waals surface area contributed by atoms with E-state index in [0.717, 1.165) is 53.3 Å². The molecule has 2 nitrogen and oxygen atoms in total. The van der Waals surface area contributed by atoms with Gasteiger partial charge in [0, 0.05) is 0 Å². The van der Waals surface area contributed by atoms with Crippen LogP contribution in [0.3, 0.4) is 0 Å². The molecule has 7 aliphatic rings. The summed E-state index contributed by atoms with van der Waals surface area (Å²) in [5.74, 6) is 9.44. The van der Waals surface area contributed by atoms with Crippen LogP contribution in [0.25, 0.3) is 6.08 Å². The topological polar surface area (TPSA) is 26.3 Å². The van der Waals surface area contributed by atoms with Crippen molar-refractivity contribution in [3.8, 4) is 0 Å². The highest BCUT2D eigenvalue weighted by atomic mass is 16.5. The van der Waals surface area contributed by atoms with Crippen LogP contribution in [0.1, 0.15) is 48.0 Å². The fourth-order valence-corrected chi connectivity index (χ4v) is 6.83. The second-order valence-corrected chi connectivity index (χ2v) is 10.5. The monoisotopic (exact) mass is 360 g/mol. The van der Waals surface area contributed by atoms with Crippen LogP contribution in [0.15, 0.2) is 30.3 Å². The molecule has 0 aromatic heterocycles. The summed E-state index contributed by atoms with van der Waals surface area (Å²) in [5.41, 5.74) is 1.89. The Morgan fingerprint density at radius 3 is 2.04 bits per heavy atom. The van der Waals surface area contributed by atoms with Crippen LogP contribution < -0.4 is 0 Å². The van der Waals surface area contributed by atoms with Crippen LogP contribution in [-0.4, -0.2) is 12.6 Å². The molecule has 0 unspecified atom stereocenters. The minimum atomic E-state index is -0.147. The Morgan fingerprint density at radius 1 is 0.704 bits per heavy atom. The Kier molecular flexibility index (Phi) is 3.00. The second kappa shape index (κ2) is 5.27. The molecule has 5 saturated carbocycles. The third kappa shape index (κ3) is 2.62. The first-order chi connectivity index (χ1) is 13.3. The fraction of sp³-hybridized carbons (Fsp3) is 0.640. The average molecular weight is 360 g/mol. The van der Waals surface area contributed by atoms with Crippen LogP contribution in [0.2, 0.25) is 0 Å². The lowest BCUT2D eigenvalue weighted by molar-refractivity contribution is 0.0478. The molecule has 0 amide bonds. The van der Waals surface area contributed by atoms with Gasteiger partial charge in [-0.25, -0.2) is 4.79 Å². The minimum Gasteiger partial charge on any atom is -0.462 e. The van der Waals surface area contributed by atoms with Crippen LogP contribution in [0.5, 0.6) is 0 Å². The fourth-order valence-electron chi connectivity index (χ4n) is 6.83. The molecule has 0 N–H and O–H groups in total. The van der Waals surface area contributed by atoms with Crippen molar-refractivity contribution in [3.05, 3.63) is 41.5 Å². The molecule has 2 aliphatic heterocycles. The van der Waals surface area contributed by atoms with E-state index in [2.05, 4.69) is 24.3 Å². The number of carbonyl (C=O) groups is 1. The Hall–Kier alpha value is -1.57. The number of rotatable bonds is 0. The first-order valence-corrected chi connectivity index (χ1v) is 11.2. The summed E-state index contributed by atoms with van der Waals surface area (Å²) in [7, 11) is 0. The lowest BCUT2D eigenvalue weighted by Gasteiger charge is -2.05. The van der Waals surface area contributed by atoms with Crippen molar-refractivity contribution in [1.82, 2.24) is 0 Å². The molecular formula is C25H28O2. The van der Waals surface area contributed by atoms with E-state index in [1.54, 1.807) is 0 Å². The van der Waals surface area contributed by atoms with Crippen molar-refractivity contribution >= 4 is 12.0 Å². The maximum atomic E-state index is 12.3. The van der Waals surface area contributed by atoms with Gasteiger partial charge in [-0.3, -0.25) is 0 Å². The summed E-state index contributed by atoms with van der Waals surface area (Å²) in [5, 5.41) is 0. The SMILES string of the molecule is O=C1OC[C@@H]2C[C@H]2[C@@H]2C[C@H]2[C@@H]2C[C@H]2[C@@H]2C[C@H]2[C@@H]2C[C@H]2/C=C\c2ccc1cc2. The molecular weight excluding hydrogens is 332 g/mol. The van der Waals surface area contributed by atoms with Crippen molar-refractivity contribution < 1.29 is 9.53 Å². The predicted octanol–water partition coefficient (Wildman–Crippen LogP) is 5.05. The van der Waals surface area contributed by atoms with Gasteiger partial charge in [0.25, 0.3) is 0 Å². The van der Waals surface area contributed by atoms with Gasteiger partial charge < -0.3 is 4.74 Å². The van der Waals surface area contributed by atoms with E-state index in [-0.39, 0.29) is 5.97 Å². The van der Waals surface area contributed by atoms with Gasteiger partial charge in [-0.2, -0.15) is 0 Å². The van der Waals surface area contributed by atoms with E-state index in [4.69, 9.17) is 4.74 Å². The molecule has 0 radical (unpaired) electrons. The van der Waals surface area contributed by atoms with Crippen LogP contribution >= 0.6 is 0 Å². The van der Waals surface area contributed by atoms with Gasteiger partial charge in [0.1, 0.15) is 0 Å². The Labute approximate surface area is 161 Å². The van der Waals surface area contributed by atoms with E-state index in [1.807, 2.05) is 12.1 Å². The molecule has 8 rings (SSSR count). The van der Waals surface area contributed by atoms with E-state index in [1.165, 1.54) is 37.7 Å². The van der Waals surface area contributed by atoms with E-state index in [9.17, 15) is 4.79 Å². The molecule has 2 bridgehead atoms. The molecule has 1 aromatic rings. The Bertz CT molecular complexity index is 823. The Morgan fingerprint density at radius 2 is 1.33 bits per heavy atom. The summed E-state index contributed by atoms with van der Waals surface area (Å²) in [6.45, 7) is 0.635. The quantitative estimate of drug-likeness (QED) is 0.605. The standard InChI is InChI=1S/C25H28O2/c26-25-14-4-1-13(2-5-14)3-6-15-7-17(15)19-9-21(19)23-11-24(23)22-10-20(22)18-8-16(18)12-27-25/h1-6,15-24H,7-12H2/b6-3-/t15-,16+,17-,18-,19+,20+,21-,22-,23+,24+/m1/s1. The maximum absolute atomic E-state index is 12.3. The van der Waals surface area contributed by atoms with Gasteiger partial charge in [0.15, 0.2) is 0 Å². The first-order valence-electron chi connectivity index (χ1n) is 11.2. The van der Waals surface area contributed by atoms with Crippen LogP contribution in [0.4, 0.5) is 0 Å². The third-order valence-corrected chi connectivity index (χ3v) is 8.85. The van der Waals surface area contributed by atoms with Gasteiger partial charge in [0.05, 0.1) is 12.2 Å². The van der Waals surface area contributed by atoms with E-state index < -0.39 is 0 Å². The lowest BCUT2D eigenvalue weighted by atomic mass is 10.1. The molecule has 2 heteroatoms. The number of benzene rings is 1. The molecule has 0 spiro atoms. The van der Waals surface area contributed by atoms with Gasteiger partial charge in [0.2, 0.25) is 0 Å². The molecule has 5 fully saturated rings. The van der Waals surface area contributed by atoms with E-state index >= 15 is 0 Å². The molecule has 2 heterocycles. The highest BCUT2D eigenvalue weighted by molar-refractivity contribution is 5.89. The predicted molar refractivity (Wildman–Crippen MR) is 104 cm³/mol. The largest absolute Gasteiger partial charge is 0.462 e. The minimum absolute atomic E-state index is 0.147. The second-order valence-electron chi connectivity index (χ2n) is 10.5. The number of allylic oxidation sites excluding steroid dienone is 1. The number of hydrogen-bond donors (Lipinski definition) is 0. The number of hydrogen-bond acceptors (Lipinski definition) is 2. The summed E-state index contributed by atoms with van der Waals surface area (Å²) >= 11 is 0. The highest BCUT2D eigenvalue weighted by Gasteiger charge is 2.65.